The van der Waals surface area contributed by atoms with E-state index in [1.54, 1.807) is 24.3 Å². The number of aromatic nitrogens is 1. The minimum atomic E-state index is -0.381. The maximum Gasteiger partial charge on any atom is 0.265 e. The predicted octanol–water partition coefficient (Wildman–Crippen LogP) is 4.04. The highest BCUT2D eigenvalue weighted by atomic mass is 16.5. The molecular formula is C24H29N3O3. The fourth-order valence-electron chi connectivity index (χ4n) is 3.74. The molecule has 0 spiro atoms. The van der Waals surface area contributed by atoms with Crippen LogP contribution < -0.4 is 15.4 Å². The lowest BCUT2D eigenvalue weighted by Gasteiger charge is -2.30. The van der Waals surface area contributed by atoms with Crippen molar-refractivity contribution in [1.29, 1.82) is 0 Å². The second-order valence-electron chi connectivity index (χ2n) is 8.07. The average molecular weight is 408 g/mol. The normalized spacial score (nSPS) is 12.1. The number of carbonyl (C=O) groups excluding carboxylic acids is 2. The van der Waals surface area contributed by atoms with Gasteiger partial charge in [0.2, 0.25) is 5.91 Å². The number of anilines is 1. The van der Waals surface area contributed by atoms with Crippen LogP contribution in [0.4, 0.5) is 5.69 Å². The van der Waals surface area contributed by atoms with Gasteiger partial charge in [0.1, 0.15) is 5.75 Å². The van der Waals surface area contributed by atoms with Crippen LogP contribution in [0.15, 0.2) is 54.7 Å². The lowest BCUT2D eigenvalue weighted by molar-refractivity contribution is -0.121. The molecule has 0 saturated carbocycles. The largest absolute Gasteiger partial charge is 0.484 e. The zero-order valence-corrected chi connectivity index (χ0v) is 17.7. The minimum absolute atomic E-state index is 0.0374. The summed E-state index contributed by atoms with van der Waals surface area (Å²) in [5.74, 6) is 0.561. The fraction of sp³-hybridized carbons (Fsp3) is 0.333. The van der Waals surface area contributed by atoms with Crippen LogP contribution >= 0.6 is 0 Å². The summed E-state index contributed by atoms with van der Waals surface area (Å²) in [6.07, 6.45) is 2.96. The molecule has 1 atom stereocenters. The number of nitrogens with zero attached hydrogens (tertiary/aromatic N) is 1. The molecule has 3 N–H and O–H groups in total. The Bertz CT molecular complexity index is 1010. The second kappa shape index (κ2) is 9.48. The summed E-state index contributed by atoms with van der Waals surface area (Å²) in [6, 6.07) is 15.1. The Morgan fingerprint density at radius 1 is 1.07 bits per heavy atom. The topological polar surface area (TPSA) is 88.4 Å². The highest BCUT2D eigenvalue weighted by Crippen LogP contribution is 2.26. The van der Waals surface area contributed by atoms with E-state index in [2.05, 4.69) is 25.8 Å². The molecule has 0 aliphatic rings. The number of aromatic amines is 1. The molecule has 6 nitrogen and oxygen atoms in total. The summed E-state index contributed by atoms with van der Waals surface area (Å²) in [4.78, 5) is 29.2. The van der Waals surface area contributed by atoms with E-state index in [1.807, 2.05) is 35.4 Å². The first-order valence-electron chi connectivity index (χ1n) is 10.2. The van der Waals surface area contributed by atoms with Crippen LogP contribution in [0.3, 0.4) is 0 Å². The summed E-state index contributed by atoms with van der Waals surface area (Å²) in [6.45, 7) is 6.30. The van der Waals surface area contributed by atoms with E-state index in [9.17, 15) is 9.59 Å². The number of primary amides is 1. The standard InChI is InChI=1S/C24H29N3O3/c1-16(2)12-17(3)27(20-6-9-22-19(14-20)10-11-26-22)24(29)15-30-21-7-4-18(5-8-21)13-23(25)28/h4-11,14,16-17,26H,12-13,15H2,1-3H3,(H2,25,28). The number of amides is 2. The summed E-state index contributed by atoms with van der Waals surface area (Å²) in [5, 5.41) is 1.06. The molecule has 6 heteroatoms. The molecule has 3 rings (SSSR count). The number of ether oxygens (including phenoxy) is 1. The van der Waals surface area contributed by atoms with Gasteiger partial charge in [0.15, 0.2) is 6.61 Å². The summed E-state index contributed by atoms with van der Waals surface area (Å²) in [5.41, 5.74) is 7.93. The van der Waals surface area contributed by atoms with Crippen LogP contribution in [0, 0.1) is 5.92 Å². The third-order valence-corrected chi connectivity index (χ3v) is 5.00. The minimum Gasteiger partial charge on any atom is -0.484 e. The Morgan fingerprint density at radius 3 is 2.47 bits per heavy atom. The molecule has 3 aromatic rings. The Kier molecular flexibility index (Phi) is 6.77. The van der Waals surface area contributed by atoms with Gasteiger partial charge in [0.25, 0.3) is 5.91 Å². The van der Waals surface area contributed by atoms with Crippen molar-refractivity contribution >= 4 is 28.4 Å². The third kappa shape index (κ3) is 5.41. The lowest BCUT2D eigenvalue weighted by Crippen LogP contribution is -2.42. The molecule has 0 bridgehead atoms. The molecule has 0 radical (unpaired) electrons. The molecular weight excluding hydrogens is 378 g/mol. The first-order valence-corrected chi connectivity index (χ1v) is 10.2. The predicted molar refractivity (Wildman–Crippen MR) is 120 cm³/mol. The molecule has 2 amide bonds. The third-order valence-electron chi connectivity index (χ3n) is 5.00. The molecule has 0 fully saturated rings. The van der Waals surface area contributed by atoms with Crippen LogP contribution in [0.2, 0.25) is 0 Å². The van der Waals surface area contributed by atoms with E-state index < -0.39 is 0 Å². The second-order valence-corrected chi connectivity index (χ2v) is 8.07. The average Bonchev–Trinajstić information content (AvgIpc) is 3.14. The molecule has 2 aromatic carbocycles. The Hall–Kier alpha value is -3.28. The molecule has 1 aromatic heterocycles. The lowest BCUT2D eigenvalue weighted by atomic mass is 10.0. The van der Waals surface area contributed by atoms with Crippen LogP contribution in [0.25, 0.3) is 10.9 Å². The molecule has 1 heterocycles. The highest BCUT2D eigenvalue weighted by molar-refractivity contribution is 5.97. The highest BCUT2D eigenvalue weighted by Gasteiger charge is 2.23. The number of fused-ring (bicyclic) bond motifs is 1. The van der Waals surface area contributed by atoms with Crippen molar-refractivity contribution in [3.8, 4) is 5.75 Å². The smallest absolute Gasteiger partial charge is 0.265 e. The number of rotatable bonds is 9. The van der Waals surface area contributed by atoms with Crippen molar-refractivity contribution in [2.45, 2.75) is 39.7 Å². The van der Waals surface area contributed by atoms with Gasteiger partial charge in [0, 0.05) is 28.8 Å². The SMILES string of the molecule is CC(C)CC(C)N(C(=O)COc1ccc(CC(N)=O)cc1)c1ccc2[nH]ccc2c1. The number of hydrogen-bond donors (Lipinski definition) is 2. The zero-order valence-electron chi connectivity index (χ0n) is 17.7. The van der Waals surface area contributed by atoms with E-state index in [1.165, 1.54) is 0 Å². The molecule has 0 saturated heterocycles. The number of hydrogen-bond acceptors (Lipinski definition) is 3. The van der Waals surface area contributed by atoms with Gasteiger partial charge in [0.05, 0.1) is 6.42 Å². The fourth-order valence-corrected chi connectivity index (χ4v) is 3.74. The number of benzene rings is 2. The van der Waals surface area contributed by atoms with Crippen molar-refractivity contribution in [1.82, 2.24) is 4.98 Å². The van der Waals surface area contributed by atoms with Crippen LogP contribution in [0.5, 0.6) is 5.75 Å². The quantitative estimate of drug-likeness (QED) is 0.561. The molecule has 30 heavy (non-hydrogen) atoms. The van der Waals surface area contributed by atoms with Gasteiger partial charge >= 0.3 is 0 Å². The number of nitrogens with two attached hydrogens (primary N) is 1. The van der Waals surface area contributed by atoms with E-state index in [0.717, 1.165) is 28.6 Å². The van der Waals surface area contributed by atoms with Gasteiger partial charge in [-0.15, -0.1) is 0 Å². The van der Waals surface area contributed by atoms with Gasteiger partial charge in [-0.3, -0.25) is 9.59 Å². The Balaban J connectivity index is 1.75. The molecule has 0 aliphatic heterocycles. The molecule has 1 unspecified atom stereocenters. The summed E-state index contributed by atoms with van der Waals surface area (Å²) >= 11 is 0. The molecule has 0 aliphatic carbocycles. The van der Waals surface area contributed by atoms with Gasteiger partial charge in [-0.25, -0.2) is 0 Å². The van der Waals surface area contributed by atoms with Gasteiger partial charge in [-0.1, -0.05) is 26.0 Å². The number of carbonyl (C=O) groups is 2. The summed E-state index contributed by atoms with van der Waals surface area (Å²) in [7, 11) is 0. The van der Waals surface area contributed by atoms with Crippen LogP contribution in [-0.4, -0.2) is 29.4 Å². The maximum absolute atomic E-state index is 13.2. The zero-order chi connectivity index (χ0) is 21.7. The van der Waals surface area contributed by atoms with Crippen LogP contribution in [-0.2, 0) is 16.0 Å². The van der Waals surface area contributed by atoms with Gasteiger partial charge < -0.3 is 20.4 Å². The number of nitrogens with one attached hydrogen (secondary N) is 1. The van der Waals surface area contributed by atoms with Crippen molar-refractivity contribution in [3.63, 3.8) is 0 Å². The van der Waals surface area contributed by atoms with Crippen molar-refractivity contribution in [2.24, 2.45) is 11.7 Å². The monoisotopic (exact) mass is 407 g/mol. The van der Waals surface area contributed by atoms with Crippen molar-refractivity contribution < 1.29 is 14.3 Å². The van der Waals surface area contributed by atoms with Crippen LogP contribution in [0.1, 0.15) is 32.8 Å². The summed E-state index contributed by atoms with van der Waals surface area (Å²) < 4.78 is 5.74. The van der Waals surface area contributed by atoms with Crippen molar-refractivity contribution in [3.05, 3.63) is 60.3 Å². The number of H-pyrrole nitrogens is 1. The molecule has 158 valence electrons. The Morgan fingerprint density at radius 2 is 1.80 bits per heavy atom. The maximum atomic E-state index is 13.2. The van der Waals surface area contributed by atoms with Gasteiger partial charge in [-0.2, -0.15) is 0 Å². The van der Waals surface area contributed by atoms with E-state index in [4.69, 9.17) is 10.5 Å². The van der Waals surface area contributed by atoms with E-state index >= 15 is 0 Å². The van der Waals surface area contributed by atoms with Crippen molar-refractivity contribution in [2.75, 3.05) is 11.5 Å². The van der Waals surface area contributed by atoms with E-state index in [0.29, 0.717) is 11.7 Å². The van der Waals surface area contributed by atoms with Gasteiger partial charge in [-0.05, 0) is 61.2 Å². The Labute approximate surface area is 177 Å². The first-order chi connectivity index (χ1) is 14.3. The first kappa shape index (κ1) is 21.4. The van der Waals surface area contributed by atoms with E-state index in [-0.39, 0.29) is 30.9 Å².